The van der Waals surface area contributed by atoms with Crippen molar-refractivity contribution in [1.29, 1.82) is 0 Å². The lowest BCUT2D eigenvalue weighted by Gasteiger charge is -2.27. The van der Waals surface area contributed by atoms with Crippen LogP contribution in [0.3, 0.4) is 0 Å². The maximum absolute atomic E-state index is 11.9. The molecular weight excluding hydrogens is 224 g/mol. The molecule has 0 atom stereocenters. The lowest BCUT2D eigenvalue weighted by molar-refractivity contribution is -0.147. The number of amides is 2. The van der Waals surface area contributed by atoms with E-state index in [2.05, 4.69) is 0 Å². The van der Waals surface area contributed by atoms with Gasteiger partial charge in [-0.2, -0.15) is 0 Å². The summed E-state index contributed by atoms with van der Waals surface area (Å²) >= 11 is 0. The minimum Gasteiger partial charge on any atom is -0.480 e. The molecule has 0 unspecified atom stereocenters. The highest BCUT2D eigenvalue weighted by Gasteiger charge is 2.26. The summed E-state index contributed by atoms with van der Waals surface area (Å²) in [6.45, 7) is 3.77. The number of hydrogen-bond acceptors (Lipinski definition) is 3. The molecule has 1 heterocycles. The van der Waals surface area contributed by atoms with Gasteiger partial charge < -0.3 is 14.9 Å². The Morgan fingerprint density at radius 1 is 1.47 bits per heavy atom. The van der Waals surface area contributed by atoms with Crippen LogP contribution in [0.25, 0.3) is 0 Å². The predicted octanol–water partition coefficient (Wildman–Crippen LogP) is -0.0696. The second kappa shape index (κ2) is 5.65. The number of hydrogen-bond donors (Lipinski definition) is 1. The molecule has 1 aliphatic heterocycles. The van der Waals surface area contributed by atoms with Crippen molar-refractivity contribution in [2.75, 3.05) is 19.6 Å². The van der Waals surface area contributed by atoms with Gasteiger partial charge in [0.2, 0.25) is 11.8 Å². The largest absolute Gasteiger partial charge is 0.480 e. The molecule has 17 heavy (non-hydrogen) atoms. The molecule has 1 rings (SSSR count). The Morgan fingerprint density at radius 3 is 2.53 bits per heavy atom. The summed E-state index contributed by atoms with van der Waals surface area (Å²) in [6, 6.07) is -0.184. The fourth-order valence-corrected chi connectivity index (χ4v) is 1.83. The van der Waals surface area contributed by atoms with Crippen LogP contribution in [0.15, 0.2) is 0 Å². The van der Waals surface area contributed by atoms with Gasteiger partial charge in [0.25, 0.3) is 0 Å². The molecule has 0 aromatic rings. The van der Waals surface area contributed by atoms with Crippen LogP contribution in [-0.4, -0.2) is 58.4 Å². The van der Waals surface area contributed by atoms with E-state index in [0.29, 0.717) is 13.0 Å². The van der Waals surface area contributed by atoms with Crippen molar-refractivity contribution in [3.63, 3.8) is 0 Å². The second-order valence-corrected chi connectivity index (χ2v) is 4.43. The van der Waals surface area contributed by atoms with Gasteiger partial charge in [-0.25, -0.2) is 0 Å². The number of carboxylic acid groups (broad SMARTS) is 1. The van der Waals surface area contributed by atoms with Crippen molar-refractivity contribution in [1.82, 2.24) is 9.80 Å². The average molecular weight is 242 g/mol. The molecule has 1 fully saturated rings. The zero-order valence-electron chi connectivity index (χ0n) is 10.2. The SMILES string of the molecule is CC(C)N(CC(=O)O)C(=O)CN1CCCC1=O. The topological polar surface area (TPSA) is 77.9 Å². The maximum atomic E-state index is 11.9. The number of carbonyl (C=O) groups is 3. The van der Waals surface area contributed by atoms with E-state index in [9.17, 15) is 14.4 Å². The smallest absolute Gasteiger partial charge is 0.323 e. The normalized spacial score (nSPS) is 15.5. The van der Waals surface area contributed by atoms with Gasteiger partial charge in [-0.1, -0.05) is 0 Å². The first-order valence-electron chi connectivity index (χ1n) is 5.71. The molecule has 1 N–H and O–H groups in total. The molecule has 0 aromatic carbocycles. The van der Waals surface area contributed by atoms with Gasteiger partial charge in [0, 0.05) is 19.0 Å². The summed E-state index contributed by atoms with van der Waals surface area (Å²) in [4.78, 5) is 36.7. The van der Waals surface area contributed by atoms with Gasteiger partial charge in [0.1, 0.15) is 6.54 Å². The Bertz CT molecular complexity index is 327. The van der Waals surface area contributed by atoms with Crippen LogP contribution in [0, 0.1) is 0 Å². The summed E-state index contributed by atoms with van der Waals surface area (Å²) in [7, 11) is 0. The quantitative estimate of drug-likeness (QED) is 0.732. The van der Waals surface area contributed by atoms with Gasteiger partial charge in [-0.15, -0.1) is 0 Å². The lowest BCUT2D eigenvalue weighted by Crippen LogP contribution is -2.46. The molecule has 96 valence electrons. The Balaban J connectivity index is 2.58. The third-order valence-corrected chi connectivity index (χ3v) is 2.75. The lowest BCUT2D eigenvalue weighted by atomic mass is 10.3. The highest BCUT2D eigenvalue weighted by molar-refractivity contribution is 5.87. The summed E-state index contributed by atoms with van der Waals surface area (Å²) in [5.41, 5.74) is 0. The first-order valence-corrected chi connectivity index (χ1v) is 5.71. The van der Waals surface area contributed by atoms with Gasteiger partial charge in [0.05, 0.1) is 6.54 Å². The zero-order chi connectivity index (χ0) is 13.0. The van der Waals surface area contributed by atoms with E-state index in [1.54, 1.807) is 13.8 Å². The second-order valence-electron chi connectivity index (χ2n) is 4.43. The van der Waals surface area contributed by atoms with E-state index >= 15 is 0 Å². The molecule has 0 saturated carbocycles. The molecule has 0 bridgehead atoms. The van der Waals surface area contributed by atoms with Crippen LogP contribution in [0.1, 0.15) is 26.7 Å². The van der Waals surface area contributed by atoms with Crippen LogP contribution >= 0.6 is 0 Å². The Kier molecular flexibility index (Phi) is 4.48. The monoisotopic (exact) mass is 242 g/mol. The number of aliphatic carboxylic acids is 1. The van der Waals surface area contributed by atoms with E-state index in [1.807, 2.05) is 0 Å². The summed E-state index contributed by atoms with van der Waals surface area (Å²) in [5.74, 6) is -1.38. The van der Waals surface area contributed by atoms with Gasteiger partial charge >= 0.3 is 5.97 Å². The van der Waals surface area contributed by atoms with E-state index in [-0.39, 0.29) is 30.9 Å². The molecule has 6 heteroatoms. The number of nitrogens with zero attached hydrogens (tertiary/aromatic N) is 2. The summed E-state index contributed by atoms with van der Waals surface area (Å²) in [6.07, 6.45) is 1.25. The minimum absolute atomic E-state index is 0.00963. The maximum Gasteiger partial charge on any atom is 0.323 e. The van der Waals surface area contributed by atoms with E-state index < -0.39 is 5.97 Å². The molecule has 0 radical (unpaired) electrons. The molecular formula is C11H18N2O4. The van der Waals surface area contributed by atoms with Crippen molar-refractivity contribution in [3.05, 3.63) is 0 Å². The number of carbonyl (C=O) groups excluding carboxylic acids is 2. The molecule has 1 saturated heterocycles. The number of carboxylic acids is 1. The molecule has 1 aliphatic rings. The fourth-order valence-electron chi connectivity index (χ4n) is 1.83. The summed E-state index contributed by atoms with van der Waals surface area (Å²) in [5, 5.41) is 8.72. The van der Waals surface area contributed by atoms with Crippen molar-refractivity contribution >= 4 is 17.8 Å². The van der Waals surface area contributed by atoms with Crippen LogP contribution in [0.5, 0.6) is 0 Å². The first-order chi connectivity index (χ1) is 7.91. The zero-order valence-corrected chi connectivity index (χ0v) is 10.2. The molecule has 2 amide bonds. The number of likely N-dealkylation sites (tertiary alicyclic amines) is 1. The van der Waals surface area contributed by atoms with Crippen LogP contribution in [0.2, 0.25) is 0 Å². The molecule has 0 aromatic heterocycles. The fraction of sp³-hybridized carbons (Fsp3) is 0.727. The van der Waals surface area contributed by atoms with Crippen molar-refractivity contribution in [2.24, 2.45) is 0 Å². The van der Waals surface area contributed by atoms with Crippen molar-refractivity contribution in [3.8, 4) is 0 Å². The van der Waals surface area contributed by atoms with E-state index in [1.165, 1.54) is 9.80 Å². The van der Waals surface area contributed by atoms with Crippen molar-refractivity contribution in [2.45, 2.75) is 32.7 Å². The van der Waals surface area contributed by atoms with Crippen LogP contribution in [-0.2, 0) is 14.4 Å². The van der Waals surface area contributed by atoms with Crippen LogP contribution < -0.4 is 0 Å². The standard InChI is InChI=1S/C11H18N2O4/c1-8(2)13(7-11(16)17)10(15)6-12-5-3-4-9(12)14/h8H,3-7H2,1-2H3,(H,16,17). The van der Waals surface area contributed by atoms with E-state index in [4.69, 9.17) is 5.11 Å². The minimum atomic E-state index is -1.04. The van der Waals surface area contributed by atoms with Gasteiger partial charge in [-0.05, 0) is 20.3 Å². The predicted molar refractivity (Wildman–Crippen MR) is 60.3 cm³/mol. The average Bonchev–Trinajstić information content (AvgIpc) is 2.60. The van der Waals surface area contributed by atoms with Crippen LogP contribution in [0.4, 0.5) is 0 Å². The van der Waals surface area contributed by atoms with Crippen molar-refractivity contribution < 1.29 is 19.5 Å². The Morgan fingerprint density at radius 2 is 2.12 bits per heavy atom. The first kappa shape index (κ1) is 13.5. The van der Waals surface area contributed by atoms with Gasteiger partial charge in [-0.3, -0.25) is 14.4 Å². The molecule has 0 spiro atoms. The molecule has 6 nitrogen and oxygen atoms in total. The van der Waals surface area contributed by atoms with E-state index in [0.717, 1.165) is 6.42 Å². The summed E-state index contributed by atoms with van der Waals surface area (Å²) < 4.78 is 0. The third kappa shape index (κ3) is 3.72. The third-order valence-electron chi connectivity index (χ3n) is 2.75. The number of rotatable bonds is 5. The van der Waals surface area contributed by atoms with Gasteiger partial charge in [0.15, 0.2) is 0 Å². The highest BCUT2D eigenvalue weighted by Crippen LogP contribution is 2.10. The highest BCUT2D eigenvalue weighted by atomic mass is 16.4. The Labute approximate surface area is 100 Å². The Hall–Kier alpha value is -1.59. The molecule has 0 aliphatic carbocycles.